The third-order valence-electron chi connectivity index (χ3n) is 3.02. The Bertz CT molecular complexity index is 634. The fourth-order valence-electron chi connectivity index (χ4n) is 1.99. The van der Waals surface area contributed by atoms with Crippen molar-refractivity contribution >= 4 is 17.1 Å². The molecule has 0 saturated carbocycles. The summed E-state index contributed by atoms with van der Waals surface area (Å²) in [4.78, 5) is 0. The number of nitrogens with one attached hydrogen (secondary N) is 1. The second-order valence-electron chi connectivity index (χ2n) is 4.74. The van der Waals surface area contributed by atoms with Crippen molar-refractivity contribution in [1.29, 1.82) is 0 Å². The molecule has 5 heteroatoms. The molecule has 0 heterocycles. The van der Waals surface area contributed by atoms with Crippen LogP contribution in [0.2, 0.25) is 0 Å². The lowest BCUT2D eigenvalue weighted by molar-refractivity contribution is -0.136. The number of nitrogen functional groups attached to an aromatic ring is 1. The SMILES string of the molecule is Cc1ccc(Nc2ccc(N)c(C(F)(F)F)c2)c(C)c1. The van der Waals surface area contributed by atoms with Gasteiger partial charge in [-0.25, -0.2) is 0 Å². The number of nitrogens with two attached hydrogens (primary N) is 1. The van der Waals surface area contributed by atoms with Crippen molar-refractivity contribution in [2.24, 2.45) is 0 Å². The minimum absolute atomic E-state index is 0.274. The van der Waals surface area contributed by atoms with Gasteiger partial charge in [-0.3, -0.25) is 0 Å². The molecule has 0 amide bonds. The van der Waals surface area contributed by atoms with Gasteiger partial charge in [-0.2, -0.15) is 13.2 Å². The van der Waals surface area contributed by atoms with E-state index in [1.807, 2.05) is 32.0 Å². The van der Waals surface area contributed by atoms with Crippen LogP contribution in [0, 0.1) is 13.8 Å². The third-order valence-corrected chi connectivity index (χ3v) is 3.02. The summed E-state index contributed by atoms with van der Waals surface area (Å²) in [5.41, 5.74) is 7.47. The molecule has 0 radical (unpaired) electrons. The lowest BCUT2D eigenvalue weighted by Crippen LogP contribution is -2.09. The molecule has 0 aromatic heterocycles. The first-order valence-electron chi connectivity index (χ1n) is 6.08. The second-order valence-corrected chi connectivity index (χ2v) is 4.74. The molecule has 106 valence electrons. The molecule has 0 saturated heterocycles. The molecular formula is C15H15F3N2. The Hall–Kier alpha value is -2.17. The molecule has 0 aliphatic carbocycles. The van der Waals surface area contributed by atoms with E-state index >= 15 is 0 Å². The highest BCUT2D eigenvalue weighted by atomic mass is 19.4. The number of anilines is 3. The van der Waals surface area contributed by atoms with Gasteiger partial charge in [-0.15, -0.1) is 0 Å². The molecule has 0 aliphatic heterocycles. The Balaban J connectivity index is 2.35. The van der Waals surface area contributed by atoms with Crippen molar-refractivity contribution in [1.82, 2.24) is 0 Å². The summed E-state index contributed by atoms with van der Waals surface area (Å²) in [6, 6.07) is 9.52. The first kappa shape index (κ1) is 14.2. The predicted molar refractivity (Wildman–Crippen MR) is 75.1 cm³/mol. The largest absolute Gasteiger partial charge is 0.418 e. The first-order chi connectivity index (χ1) is 9.27. The van der Waals surface area contributed by atoms with Crippen molar-refractivity contribution in [3.8, 4) is 0 Å². The summed E-state index contributed by atoms with van der Waals surface area (Å²) >= 11 is 0. The normalized spacial score (nSPS) is 11.4. The highest BCUT2D eigenvalue weighted by Crippen LogP contribution is 2.35. The van der Waals surface area contributed by atoms with Crippen molar-refractivity contribution in [2.75, 3.05) is 11.1 Å². The number of aryl methyl sites for hydroxylation is 2. The van der Waals surface area contributed by atoms with Gasteiger partial charge in [0.15, 0.2) is 0 Å². The lowest BCUT2D eigenvalue weighted by Gasteiger charge is -2.14. The van der Waals surface area contributed by atoms with E-state index in [0.717, 1.165) is 22.9 Å². The van der Waals surface area contributed by atoms with Gasteiger partial charge in [0.1, 0.15) is 0 Å². The summed E-state index contributed by atoms with van der Waals surface area (Å²) in [6.45, 7) is 3.86. The Labute approximate surface area is 115 Å². The summed E-state index contributed by atoms with van der Waals surface area (Å²) < 4.78 is 38.4. The molecular weight excluding hydrogens is 265 g/mol. The Morgan fingerprint density at radius 3 is 2.30 bits per heavy atom. The average Bonchev–Trinajstić information content (AvgIpc) is 2.33. The summed E-state index contributed by atoms with van der Waals surface area (Å²) in [6.07, 6.45) is -4.45. The van der Waals surface area contributed by atoms with Crippen molar-refractivity contribution in [3.63, 3.8) is 0 Å². The monoisotopic (exact) mass is 280 g/mol. The van der Waals surface area contributed by atoms with E-state index in [2.05, 4.69) is 5.32 Å². The Morgan fingerprint density at radius 2 is 1.70 bits per heavy atom. The zero-order valence-corrected chi connectivity index (χ0v) is 11.2. The molecule has 3 N–H and O–H groups in total. The van der Waals surface area contributed by atoms with E-state index in [9.17, 15) is 13.2 Å². The van der Waals surface area contributed by atoms with Crippen molar-refractivity contribution in [2.45, 2.75) is 20.0 Å². The van der Waals surface area contributed by atoms with Crippen LogP contribution in [0.4, 0.5) is 30.2 Å². The molecule has 0 spiro atoms. The van der Waals surface area contributed by atoms with Crippen LogP contribution < -0.4 is 11.1 Å². The highest BCUT2D eigenvalue weighted by molar-refractivity contribution is 5.67. The molecule has 2 aromatic rings. The van der Waals surface area contributed by atoms with Gasteiger partial charge >= 0.3 is 6.18 Å². The summed E-state index contributed by atoms with van der Waals surface area (Å²) in [7, 11) is 0. The average molecular weight is 280 g/mol. The predicted octanol–water partition coefficient (Wildman–Crippen LogP) is 4.65. The van der Waals surface area contributed by atoms with E-state index in [1.165, 1.54) is 12.1 Å². The fraction of sp³-hybridized carbons (Fsp3) is 0.200. The minimum atomic E-state index is -4.45. The lowest BCUT2D eigenvalue weighted by atomic mass is 10.1. The Morgan fingerprint density at radius 1 is 1.00 bits per heavy atom. The number of hydrogen-bond donors (Lipinski definition) is 2. The smallest absolute Gasteiger partial charge is 0.398 e. The van der Waals surface area contributed by atoms with Crippen LogP contribution in [-0.4, -0.2) is 0 Å². The van der Waals surface area contributed by atoms with E-state index in [-0.39, 0.29) is 5.69 Å². The maximum atomic E-state index is 12.8. The maximum absolute atomic E-state index is 12.8. The third kappa shape index (κ3) is 3.04. The van der Waals surface area contributed by atoms with E-state index in [1.54, 1.807) is 0 Å². The second kappa shape index (κ2) is 5.07. The van der Waals surface area contributed by atoms with E-state index in [4.69, 9.17) is 5.73 Å². The van der Waals surface area contributed by atoms with Gasteiger partial charge in [0.2, 0.25) is 0 Å². The molecule has 2 nitrogen and oxygen atoms in total. The van der Waals surface area contributed by atoms with Gasteiger partial charge in [-0.1, -0.05) is 17.7 Å². The van der Waals surface area contributed by atoms with Crippen LogP contribution in [0.5, 0.6) is 0 Å². The van der Waals surface area contributed by atoms with Gasteiger partial charge in [0.25, 0.3) is 0 Å². The van der Waals surface area contributed by atoms with Gasteiger partial charge in [0.05, 0.1) is 5.56 Å². The fourth-order valence-corrected chi connectivity index (χ4v) is 1.99. The zero-order chi connectivity index (χ0) is 14.9. The summed E-state index contributed by atoms with van der Waals surface area (Å²) in [5.74, 6) is 0. The van der Waals surface area contributed by atoms with Crippen LogP contribution in [-0.2, 0) is 6.18 Å². The van der Waals surface area contributed by atoms with Crippen molar-refractivity contribution < 1.29 is 13.2 Å². The number of rotatable bonds is 2. The van der Waals surface area contributed by atoms with Crippen molar-refractivity contribution in [3.05, 3.63) is 53.1 Å². The molecule has 0 unspecified atom stereocenters. The number of hydrogen-bond acceptors (Lipinski definition) is 2. The molecule has 0 atom stereocenters. The van der Waals surface area contributed by atoms with E-state index < -0.39 is 11.7 Å². The number of alkyl halides is 3. The van der Waals surface area contributed by atoms with Crippen LogP contribution in [0.1, 0.15) is 16.7 Å². The van der Waals surface area contributed by atoms with Crippen LogP contribution in [0.25, 0.3) is 0 Å². The molecule has 20 heavy (non-hydrogen) atoms. The molecule has 0 fully saturated rings. The van der Waals surface area contributed by atoms with Crippen LogP contribution >= 0.6 is 0 Å². The van der Waals surface area contributed by atoms with Gasteiger partial charge in [-0.05, 0) is 43.7 Å². The van der Waals surface area contributed by atoms with E-state index in [0.29, 0.717) is 5.69 Å². The van der Waals surface area contributed by atoms with Crippen LogP contribution in [0.3, 0.4) is 0 Å². The topological polar surface area (TPSA) is 38.0 Å². The highest BCUT2D eigenvalue weighted by Gasteiger charge is 2.33. The maximum Gasteiger partial charge on any atom is 0.418 e. The molecule has 0 bridgehead atoms. The molecule has 0 aliphatic rings. The quantitative estimate of drug-likeness (QED) is 0.786. The molecule has 2 rings (SSSR count). The van der Waals surface area contributed by atoms with Gasteiger partial charge in [0, 0.05) is 17.1 Å². The summed E-state index contributed by atoms with van der Waals surface area (Å²) in [5, 5.41) is 2.98. The minimum Gasteiger partial charge on any atom is -0.398 e. The molecule has 2 aromatic carbocycles. The standard InChI is InChI=1S/C15H15F3N2/c1-9-3-6-14(10(2)7-9)20-11-4-5-13(19)12(8-11)15(16,17)18/h3-8,20H,19H2,1-2H3. The van der Waals surface area contributed by atoms with Crippen LogP contribution in [0.15, 0.2) is 36.4 Å². The first-order valence-corrected chi connectivity index (χ1v) is 6.08. The number of halogens is 3. The zero-order valence-electron chi connectivity index (χ0n) is 11.2. The van der Waals surface area contributed by atoms with Gasteiger partial charge < -0.3 is 11.1 Å². The number of benzene rings is 2. The Kier molecular flexibility index (Phi) is 3.61.